The predicted molar refractivity (Wildman–Crippen MR) is 92.5 cm³/mol. The monoisotopic (exact) mass is 336 g/mol. The average Bonchev–Trinajstić information content (AvgIpc) is 3.00. The number of nitrogens with one attached hydrogen (secondary N) is 2. The lowest BCUT2D eigenvalue weighted by Crippen LogP contribution is -2.32. The number of rotatable bonds is 7. The second kappa shape index (κ2) is 7.75. The molecule has 0 radical (unpaired) electrons. The van der Waals surface area contributed by atoms with E-state index in [-0.39, 0.29) is 17.7 Å². The summed E-state index contributed by atoms with van der Waals surface area (Å²) in [7, 11) is -3.38. The van der Waals surface area contributed by atoms with Gasteiger partial charge in [0.1, 0.15) is 0 Å². The fraction of sp³-hybridized carbons (Fsp3) is 0.471. The van der Waals surface area contributed by atoms with Crippen molar-refractivity contribution in [2.24, 2.45) is 0 Å². The minimum Gasteiger partial charge on any atom is -0.322 e. The maximum atomic E-state index is 12.1. The van der Waals surface area contributed by atoms with Crippen LogP contribution in [0.25, 0.3) is 0 Å². The van der Waals surface area contributed by atoms with Crippen LogP contribution in [0.15, 0.2) is 35.9 Å². The van der Waals surface area contributed by atoms with Crippen molar-refractivity contribution < 1.29 is 13.2 Å². The van der Waals surface area contributed by atoms with E-state index in [9.17, 15) is 13.2 Å². The van der Waals surface area contributed by atoms with Gasteiger partial charge in [-0.2, -0.15) is 0 Å². The van der Waals surface area contributed by atoms with E-state index in [0.29, 0.717) is 11.3 Å². The Labute approximate surface area is 138 Å². The Kier molecular flexibility index (Phi) is 5.96. The standard InChI is InChI=1S/C17H24N2O3S/c1-3-13(2)19-23(21,22)12-14-7-6-10-16(11-14)18-17(20)15-8-4-5-9-15/h6-8,10-11,13,19H,3-5,9,12H2,1-2H3,(H,18,20)/t13-/m0/s1. The van der Waals surface area contributed by atoms with Crippen LogP contribution in [0.4, 0.5) is 5.69 Å². The molecule has 0 saturated carbocycles. The third-order valence-electron chi connectivity index (χ3n) is 3.87. The Balaban J connectivity index is 2.03. The lowest BCUT2D eigenvalue weighted by Gasteiger charge is -2.13. The van der Waals surface area contributed by atoms with E-state index in [4.69, 9.17) is 0 Å². The molecule has 2 N–H and O–H groups in total. The number of carbonyl (C=O) groups is 1. The lowest BCUT2D eigenvalue weighted by atomic mass is 10.2. The largest absolute Gasteiger partial charge is 0.322 e. The first-order valence-corrected chi connectivity index (χ1v) is 9.64. The maximum absolute atomic E-state index is 12.1. The topological polar surface area (TPSA) is 75.3 Å². The molecule has 0 fully saturated rings. The Hall–Kier alpha value is -1.66. The van der Waals surface area contributed by atoms with Crippen molar-refractivity contribution in [3.63, 3.8) is 0 Å². The summed E-state index contributed by atoms with van der Waals surface area (Å²) >= 11 is 0. The first-order valence-electron chi connectivity index (χ1n) is 7.99. The van der Waals surface area contributed by atoms with Gasteiger partial charge in [0.25, 0.3) is 5.91 Å². The SMILES string of the molecule is CC[C@H](C)NS(=O)(=O)Cc1cccc(NC(=O)C2=CCCC2)c1. The molecular formula is C17H24N2O3S. The van der Waals surface area contributed by atoms with E-state index >= 15 is 0 Å². The maximum Gasteiger partial charge on any atom is 0.251 e. The van der Waals surface area contributed by atoms with Crippen LogP contribution in [-0.4, -0.2) is 20.4 Å². The average molecular weight is 336 g/mol. The van der Waals surface area contributed by atoms with Crippen LogP contribution in [0.3, 0.4) is 0 Å². The van der Waals surface area contributed by atoms with Gasteiger partial charge >= 0.3 is 0 Å². The van der Waals surface area contributed by atoms with Gasteiger partial charge in [-0.05, 0) is 50.3 Å². The van der Waals surface area contributed by atoms with Crippen molar-refractivity contribution in [3.8, 4) is 0 Å². The molecule has 0 aliphatic heterocycles. The van der Waals surface area contributed by atoms with Crippen LogP contribution in [0.1, 0.15) is 45.1 Å². The summed E-state index contributed by atoms with van der Waals surface area (Å²) < 4.78 is 26.8. The molecule has 5 nitrogen and oxygen atoms in total. The molecule has 1 aliphatic rings. The normalized spacial score (nSPS) is 16.0. The van der Waals surface area contributed by atoms with E-state index in [1.807, 2.05) is 19.9 Å². The summed E-state index contributed by atoms with van der Waals surface area (Å²) in [6, 6.07) is 6.90. The van der Waals surface area contributed by atoms with Gasteiger partial charge in [0.2, 0.25) is 10.0 Å². The zero-order chi connectivity index (χ0) is 16.9. The predicted octanol–water partition coefficient (Wildman–Crippen LogP) is 2.95. The molecule has 0 heterocycles. The van der Waals surface area contributed by atoms with E-state index in [1.54, 1.807) is 24.3 Å². The van der Waals surface area contributed by atoms with Crippen LogP contribution < -0.4 is 10.0 Å². The summed E-state index contributed by atoms with van der Waals surface area (Å²) in [6.45, 7) is 3.77. The van der Waals surface area contributed by atoms with Crippen molar-refractivity contribution in [1.82, 2.24) is 4.72 Å². The molecule has 6 heteroatoms. The summed E-state index contributed by atoms with van der Waals surface area (Å²) in [4.78, 5) is 12.1. The number of allylic oxidation sites excluding steroid dienone is 1. The zero-order valence-corrected chi connectivity index (χ0v) is 14.4. The molecule has 0 bridgehead atoms. The lowest BCUT2D eigenvalue weighted by molar-refractivity contribution is -0.112. The van der Waals surface area contributed by atoms with Crippen molar-refractivity contribution >= 4 is 21.6 Å². The molecule has 0 spiro atoms. The molecule has 0 unspecified atom stereocenters. The molecule has 1 aromatic rings. The highest BCUT2D eigenvalue weighted by Gasteiger charge is 2.16. The summed E-state index contributed by atoms with van der Waals surface area (Å²) in [5, 5.41) is 2.84. The van der Waals surface area contributed by atoms with Crippen LogP contribution in [0.2, 0.25) is 0 Å². The van der Waals surface area contributed by atoms with Crippen molar-refractivity contribution in [2.45, 2.75) is 51.3 Å². The number of anilines is 1. The number of sulfonamides is 1. The fourth-order valence-corrected chi connectivity index (χ4v) is 3.96. The molecule has 0 aromatic heterocycles. The van der Waals surface area contributed by atoms with Crippen LogP contribution in [0.5, 0.6) is 0 Å². The van der Waals surface area contributed by atoms with Crippen molar-refractivity contribution in [3.05, 3.63) is 41.5 Å². The van der Waals surface area contributed by atoms with E-state index < -0.39 is 10.0 Å². The van der Waals surface area contributed by atoms with E-state index in [0.717, 1.165) is 31.3 Å². The first-order chi connectivity index (χ1) is 10.9. The van der Waals surface area contributed by atoms with Gasteiger partial charge in [-0.1, -0.05) is 25.1 Å². The van der Waals surface area contributed by atoms with Gasteiger partial charge in [0, 0.05) is 17.3 Å². The molecule has 0 saturated heterocycles. The number of benzene rings is 1. The highest BCUT2D eigenvalue weighted by molar-refractivity contribution is 7.88. The van der Waals surface area contributed by atoms with Gasteiger partial charge in [0.05, 0.1) is 5.75 Å². The third kappa shape index (κ3) is 5.48. The van der Waals surface area contributed by atoms with Gasteiger partial charge in [-0.3, -0.25) is 4.79 Å². The van der Waals surface area contributed by atoms with Gasteiger partial charge in [0.15, 0.2) is 0 Å². The molecule has 1 aliphatic carbocycles. The molecule has 1 aromatic carbocycles. The molecule has 1 atom stereocenters. The van der Waals surface area contributed by atoms with Gasteiger partial charge in [-0.15, -0.1) is 0 Å². The molecule has 2 rings (SSSR count). The molecular weight excluding hydrogens is 312 g/mol. The van der Waals surface area contributed by atoms with Gasteiger partial charge < -0.3 is 5.32 Å². The minimum atomic E-state index is -3.38. The fourth-order valence-electron chi connectivity index (χ4n) is 2.48. The Morgan fingerprint density at radius 1 is 1.35 bits per heavy atom. The summed E-state index contributed by atoms with van der Waals surface area (Å²) in [5.41, 5.74) is 2.08. The summed E-state index contributed by atoms with van der Waals surface area (Å²) in [5.74, 6) is -0.191. The van der Waals surface area contributed by atoms with Crippen LogP contribution >= 0.6 is 0 Å². The highest BCUT2D eigenvalue weighted by Crippen LogP contribution is 2.20. The Bertz CT molecular complexity index is 696. The number of amides is 1. The molecule has 1 amide bonds. The third-order valence-corrected chi connectivity index (χ3v) is 5.34. The molecule has 126 valence electrons. The Morgan fingerprint density at radius 2 is 2.13 bits per heavy atom. The van der Waals surface area contributed by atoms with Gasteiger partial charge in [-0.25, -0.2) is 13.1 Å². The second-order valence-corrected chi connectivity index (χ2v) is 7.72. The zero-order valence-electron chi connectivity index (χ0n) is 13.6. The number of hydrogen-bond donors (Lipinski definition) is 2. The first kappa shape index (κ1) is 17.7. The number of hydrogen-bond acceptors (Lipinski definition) is 3. The highest BCUT2D eigenvalue weighted by atomic mass is 32.2. The number of carbonyl (C=O) groups excluding carboxylic acids is 1. The quantitative estimate of drug-likeness (QED) is 0.804. The minimum absolute atomic E-state index is 0.0859. The smallest absolute Gasteiger partial charge is 0.251 e. The van der Waals surface area contributed by atoms with Crippen LogP contribution in [0, 0.1) is 0 Å². The second-order valence-electron chi connectivity index (χ2n) is 5.96. The van der Waals surface area contributed by atoms with E-state index in [1.165, 1.54) is 0 Å². The van der Waals surface area contributed by atoms with E-state index in [2.05, 4.69) is 10.0 Å². The van der Waals surface area contributed by atoms with Crippen LogP contribution in [-0.2, 0) is 20.6 Å². The Morgan fingerprint density at radius 3 is 2.78 bits per heavy atom. The van der Waals surface area contributed by atoms with Crippen molar-refractivity contribution in [1.29, 1.82) is 0 Å². The van der Waals surface area contributed by atoms with Crippen molar-refractivity contribution in [2.75, 3.05) is 5.32 Å². The molecule has 23 heavy (non-hydrogen) atoms. The summed E-state index contributed by atoms with van der Waals surface area (Å²) in [6.07, 6.45) is 5.47.